The van der Waals surface area contributed by atoms with Crippen LogP contribution >= 0.6 is 11.6 Å². The van der Waals surface area contributed by atoms with Gasteiger partial charge in [0.15, 0.2) is 5.76 Å². The van der Waals surface area contributed by atoms with Crippen LogP contribution in [0.15, 0.2) is 45.9 Å². The molecule has 1 aromatic carbocycles. The molecule has 2 heterocycles. The summed E-state index contributed by atoms with van der Waals surface area (Å²) in [6.45, 7) is 3.49. The summed E-state index contributed by atoms with van der Waals surface area (Å²) in [7, 11) is -3.71. The minimum atomic E-state index is -3.71. The zero-order chi connectivity index (χ0) is 19.4. The Balaban J connectivity index is 1.76. The predicted molar refractivity (Wildman–Crippen MR) is 101 cm³/mol. The molecule has 9 heteroatoms. The fraction of sp³-hybridized carbons (Fsp3) is 0.389. The highest BCUT2D eigenvalue weighted by Gasteiger charge is 2.29. The van der Waals surface area contributed by atoms with E-state index < -0.39 is 10.0 Å². The van der Waals surface area contributed by atoms with Crippen LogP contribution in [0.25, 0.3) is 0 Å². The topological polar surface area (TPSA) is 80.1 Å². The number of hydrogen-bond acceptors (Lipinski definition) is 5. The molecule has 0 spiro atoms. The van der Waals surface area contributed by atoms with Crippen molar-refractivity contribution in [3.05, 3.63) is 47.4 Å². The fourth-order valence-corrected chi connectivity index (χ4v) is 4.61. The van der Waals surface area contributed by atoms with Crippen molar-refractivity contribution < 1.29 is 22.4 Å². The number of carbonyl (C=O) groups excluding carboxylic acids is 1. The van der Waals surface area contributed by atoms with Gasteiger partial charge in [0.05, 0.1) is 22.8 Å². The highest BCUT2D eigenvalue weighted by molar-refractivity contribution is 7.89. The molecule has 7 nitrogen and oxygen atoms in total. The third kappa shape index (κ3) is 4.28. The maximum Gasteiger partial charge on any atom is 0.289 e. The summed E-state index contributed by atoms with van der Waals surface area (Å²) in [5.74, 6) is 0.361. The Morgan fingerprint density at radius 2 is 2.04 bits per heavy atom. The summed E-state index contributed by atoms with van der Waals surface area (Å²) < 4.78 is 38.0. The average molecular weight is 413 g/mol. The summed E-state index contributed by atoms with van der Waals surface area (Å²) in [6.07, 6.45) is 1.98. The van der Waals surface area contributed by atoms with Crippen LogP contribution in [-0.4, -0.2) is 56.3 Å². The number of halogens is 1. The lowest BCUT2D eigenvalue weighted by molar-refractivity contribution is 0.0732. The van der Waals surface area contributed by atoms with Gasteiger partial charge in [-0.3, -0.25) is 4.79 Å². The summed E-state index contributed by atoms with van der Waals surface area (Å²) in [4.78, 5) is 14.2. The summed E-state index contributed by atoms with van der Waals surface area (Å²) in [5.41, 5.74) is 0. The average Bonchev–Trinajstić information content (AvgIpc) is 3.07. The highest BCUT2D eigenvalue weighted by atomic mass is 35.5. The molecular formula is C18H21ClN2O5S. The molecule has 1 aliphatic rings. The normalized spacial score (nSPS) is 16.1. The number of rotatable bonds is 5. The fourth-order valence-electron chi connectivity index (χ4n) is 2.95. The minimum absolute atomic E-state index is 0.126. The number of hydrogen-bond donors (Lipinski definition) is 0. The zero-order valence-electron chi connectivity index (χ0n) is 14.9. The van der Waals surface area contributed by atoms with Crippen LogP contribution in [-0.2, 0) is 10.0 Å². The zero-order valence-corrected chi connectivity index (χ0v) is 16.5. The second kappa shape index (κ2) is 8.33. The van der Waals surface area contributed by atoms with Gasteiger partial charge in [-0.2, -0.15) is 4.31 Å². The standard InChI is InChI=1S/C18H21ClN2O5S/c1-2-25-17-13-14(6-7-15(17)19)27(23,24)21-9-4-8-20(10-11-21)18(22)16-5-3-12-26-16/h3,5-7,12-13H,2,4,8-11H2,1H3. The number of amides is 1. The molecule has 0 bridgehead atoms. The van der Waals surface area contributed by atoms with Gasteiger partial charge in [-0.05, 0) is 37.6 Å². The molecule has 146 valence electrons. The number of nitrogens with zero attached hydrogens (tertiary/aromatic N) is 2. The quantitative estimate of drug-likeness (QED) is 0.754. The van der Waals surface area contributed by atoms with Gasteiger partial charge < -0.3 is 14.1 Å². The maximum atomic E-state index is 13.0. The minimum Gasteiger partial charge on any atom is -0.492 e. The van der Waals surface area contributed by atoms with Crippen molar-refractivity contribution in [3.8, 4) is 5.75 Å². The molecule has 3 rings (SSSR count). The number of sulfonamides is 1. The molecule has 1 saturated heterocycles. The molecule has 0 saturated carbocycles. The third-order valence-corrected chi connectivity index (χ3v) is 6.52. The Labute approximate surface area is 163 Å². The molecule has 0 atom stereocenters. The Kier molecular flexibility index (Phi) is 6.08. The molecule has 27 heavy (non-hydrogen) atoms. The monoisotopic (exact) mass is 412 g/mol. The first kappa shape index (κ1) is 19.7. The Bertz CT molecular complexity index is 898. The third-order valence-electron chi connectivity index (χ3n) is 4.31. The van der Waals surface area contributed by atoms with Crippen molar-refractivity contribution in [2.24, 2.45) is 0 Å². The Morgan fingerprint density at radius 3 is 2.74 bits per heavy atom. The van der Waals surface area contributed by atoms with E-state index in [2.05, 4.69) is 0 Å². The molecule has 0 unspecified atom stereocenters. The van der Waals surface area contributed by atoms with E-state index in [1.54, 1.807) is 24.0 Å². The van der Waals surface area contributed by atoms with Crippen molar-refractivity contribution >= 4 is 27.5 Å². The van der Waals surface area contributed by atoms with Gasteiger partial charge in [0.1, 0.15) is 5.75 Å². The highest BCUT2D eigenvalue weighted by Crippen LogP contribution is 2.29. The van der Waals surface area contributed by atoms with Gasteiger partial charge in [0.25, 0.3) is 5.91 Å². The molecule has 1 aromatic heterocycles. The molecule has 0 aliphatic carbocycles. The van der Waals surface area contributed by atoms with Crippen LogP contribution in [0.4, 0.5) is 0 Å². The van der Waals surface area contributed by atoms with Gasteiger partial charge in [-0.25, -0.2) is 8.42 Å². The number of furan rings is 1. The summed E-state index contributed by atoms with van der Waals surface area (Å²) in [5, 5.41) is 0.363. The smallest absolute Gasteiger partial charge is 0.289 e. The van der Waals surface area contributed by atoms with E-state index in [9.17, 15) is 13.2 Å². The molecular weight excluding hydrogens is 392 g/mol. The van der Waals surface area contributed by atoms with Crippen molar-refractivity contribution in [2.45, 2.75) is 18.2 Å². The van der Waals surface area contributed by atoms with Gasteiger partial charge in [0, 0.05) is 32.2 Å². The van der Waals surface area contributed by atoms with Crippen LogP contribution in [0.5, 0.6) is 5.75 Å². The second-order valence-electron chi connectivity index (χ2n) is 6.05. The van der Waals surface area contributed by atoms with Crippen LogP contribution in [0.2, 0.25) is 5.02 Å². The first-order valence-corrected chi connectivity index (χ1v) is 10.5. The molecule has 0 radical (unpaired) electrons. The van der Waals surface area contributed by atoms with E-state index in [0.717, 1.165) is 0 Å². The lowest BCUT2D eigenvalue weighted by Crippen LogP contribution is -2.37. The second-order valence-corrected chi connectivity index (χ2v) is 8.40. The largest absolute Gasteiger partial charge is 0.492 e. The lowest BCUT2D eigenvalue weighted by atomic mass is 10.3. The summed E-state index contributed by atoms with van der Waals surface area (Å²) in [6, 6.07) is 7.68. The van der Waals surface area contributed by atoms with E-state index in [0.29, 0.717) is 43.4 Å². The molecule has 1 amide bonds. The van der Waals surface area contributed by atoms with Crippen LogP contribution in [0.1, 0.15) is 23.9 Å². The first-order valence-electron chi connectivity index (χ1n) is 8.68. The van der Waals surface area contributed by atoms with Crippen LogP contribution in [0.3, 0.4) is 0 Å². The van der Waals surface area contributed by atoms with Crippen LogP contribution < -0.4 is 4.74 Å². The SMILES string of the molecule is CCOc1cc(S(=O)(=O)N2CCCN(C(=O)c3ccco3)CC2)ccc1Cl. The van der Waals surface area contributed by atoms with Gasteiger partial charge in [-0.1, -0.05) is 11.6 Å². The molecule has 1 aliphatic heterocycles. The van der Waals surface area contributed by atoms with Crippen LogP contribution in [0, 0.1) is 0 Å². The maximum absolute atomic E-state index is 13.0. The predicted octanol–water partition coefficient (Wildman–Crippen LogP) is 2.87. The van der Waals surface area contributed by atoms with E-state index in [1.165, 1.54) is 28.8 Å². The number of ether oxygens (including phenoxy) is 1. The number of benzene rings is 1. The van der Waals surface area contributed by atoms with Crippen molar-refractivity contribution in [3.63, 3.8) is 0 Å². The Hall–Kier alpha value is -2.03. The number of carbonyl (C=O) groups is 1. The Morgan fingerprint density at radius 1 is 1.22 bits per heavy atom. The molecule has 1 fully saturated rings. The summed E-state index contributed by atoms with van der Waals surface area (Å²) >= 11 is 6.05. The van der Waals surface area contributed by atoms with Crippen molar-refractivity contribution in [2.75, 3.05) is 32.8 Å². The molecule has 2 aromatic rings. The first-order chi connectivity index (χ1) is 12.9. The van der Waals surface area contributed by atoms with Gasteiger partial charge >= 0.3 is 0 Å². The van der Waals surface area contributed by atoms with Gasteiger partial charge in [0.2, 0.25) is 10.0 Å². The van der Waals surface area contributed by atoms with Crippen molar-refractivity contribution in [1.29, 1.82) is 0 Å². The lowest BCUT2D eigenvalue weighted by Gasteiger charge is -2.21. The van der Waals surface area contributed by atoms with Gasteiger partial charge in [-0.15, -0.1) is 0 Å². The van der Waals surface area contributed by atoms with E-state index in [4.69, 9.17) is 20.8 Å². The van der Waals surface area contributed by atoms with Crippen molar-refractivity contribution in [1.82, 2.24) is 9.21 Å². The van der Waals surface area contributed by atoms with E-state index >= 15 is 0 Å². The van der Waals surface area contributed by atoms with E-state index in [1.807, 2.05) is 0 Å². The molecule has 0 N–H and O–H groups in total. The van der Waals surface area contributed by atoms with E-state index in [-0.39, 0.29) is 23.1 Å².